The van der Waals surface area contributed by atoms with Crippen LogP contribution in [0.5, 0.6) is 0 Å². The van der Waals surface area contributed by atoms with Gasteiger partial charge in [-0.25, -0.2) is 4.99 Å². The smallest absolute Gasteiger partial charge is 0.135 e. The molecule has 0 aromatic heterocycles. The Morgan fingerprint density at radius 2 is 2.32 bits per heavy atom. The third-order valence-corrected chi connectivity index (χ3v) is 6.44. The summed E-state index contributed by atoms with van der Waals surface area (Å²) in [6.45, 7) is 2.21. The molecule has 2 nitrogen and oxygen atoms in total. The predicted molar refractivity (Wildman–Crippen MR) is 107 cm³/mol. The summed E-state index contributed by atoms with van der Waals surface area (Å²) in [4.78, 5) is 10.3. The van der Waals surface area contributed by atoms with Gasteiger partial charge in [0.2, 0.25) is 0 Å². The maximum atomic E-state index is 4.85. The number of benzene rings is 2. The standard InChI is InChI=1S/C16H13BrN2S3/c1-2-3-7-21-16-19-15-13-10(5-4-6-12(13)22-16)8-11(14(15)17)18-9-20/h4-6,8H,2-3,7H2,1H3. The first-order chi connectivity index (χ1) is 10.7. The van der Waals surface area contributed by atoms with E-state index in [4.69, 9.17) is 17.2 Å². The van der Waals surface area contributed by atoms with E-state index in [1.54, 1.807) is 11.8 Å². The number of hydrogen-bond donors (Lipinski definition) is 0. The van der Waals surface area contributed by atoms with Crippen molar-refractivity contribution in [2.45, 2.75) is 24.7 Å². The van der Waals surface area contributed by atoms with Crippen molar-refractivity contribution >= 4 is 83.4 Å². The Morgan fingerprint density at radius 3 is 3.09 bits per heavy atom. The van der Waals surface area contributed by atoms with E-state index in [9.17, 15) is 0 Å². The largest absolute Gasteiger partial charge is 0.233 e. The third-order valence-electron chi connectivity index (χ3n) is 3.31. The Bertz CT molecular complexity index is 811. The van der Waals surface area contributed by atoms with Gasteiger partial charge in [0.1, 0.15) is 4.38 Å². The van der Waals surface area contributed by atoms with E-state index < -0.39 is 0 Å². The van der Waals surface area contributed by atoms with E-state index in [2.05, 4.69) is 51.2 Å². The van der Waals surface area contributed by atoms with E-state index in [0.717, 1.165) is 31.4 Å². The molecule has 0 bridgehead atoms. The molecule has 0 fully saturated rings. The average Bonchev–Trinajstić information content (AvgIpc) is 2.52. The van der Waals surface area contributed by atoms with Crippen LogP contribution < -0.4 is 0 Å². The highest BCUT2D eigenvalue weighted by Gasteiger charge is 2.20. The Kier molecular flexibility index (Phi) is 5.37. The second kappa shape index (κ2) is 7.28. The molecular formula is C16H13BrN2S3. The second-order valence-corrected chi connectivity index (χ2v) is 8.15. The van der Waals surface area contributed by atoms with Crippen LogP contribution in [0.3, 0.4) is 0 Å². The topological polar surface area (TPSA) is 24.7 Å². The normalized spacial score (nSPS) is 12.9. The molecule has 112 valence electrons. The number of thioether (sulfide) groups is 2. The van der Waals surface area contributed by atoms with Gasteiger partial charge in [0.25, 0.3) is 0 Å². The van der Waals surface area contributed by atoms with Crippen LogP contribution in [0.4, 0.5) is 11.4 Å². The van der Waals surface area contributed by atoms with E-state index in [1.165, 1.54) is 23.1 Å². The van der Waals surface area contributed by atoms with Crippen molar-refractivity contribution in [2.75, 3.05) is 5.75 Å². The first-order valence-electron chi connectivity index (χ1n) is 6.97. The monoisotopic (exact) mass is 408 g/mol. The fourth-order valence-electron chi connectivity index (χ4n) is 2.26. The van der Waals surface area contributed by atoms with Gasteiger partial charge in [-0.05, 0) is 52.1 Å². The highest BCUT2D eigenvalue weighted by molar-refractivity contribution is 9.10. The van der Waals surface area contributed by atoms with Crippen LogP contribution in [-0.2, 0) is 0 Å². The zero-order valence-corrected chi connectivity index (χ0v) is 16.0. The number of nitrogens with zero attached hydrogens (tertiary/aromatic N) is 2. The highest BCUT2D eigenvalue weighted by atomic mass is 79.9. The Labute approximate surface area is 152 Å². The maximum Gasteiger partial charge on any atom is 0.135 e. The van der Waals surface area contributed by atoms with Crippen molar-refractivity contribution in [3.63, 3.8) is 0 Å². The Balaban J connectivity index is 2.14. The minimum absolute atomic E-state index is 0.781. The zero-order valence-electron chi connectivity index (χ0n) is 11.9. The fourth-order valence-corrected chi connectivity index (χ4v) is 5.15. The molecule has 2 aromatic rings. The first kappa shape index (κ1) is 16.2. The van der Waals surface area contributed by atoms with Gasteiger partial charge in [0.15, 0.2) is 0 Å². The summed E-state index contributed by atoms with van der Waals surface area (Å²) in [5.74, 6) is 1.10. The second-order valence-electron chi connectivity index (χ2n) is 4.80. The molecule has 1 heterocycles. The van der Waals surface area contributed by atoms with Gasteiger partial charge in [-0.3, -0.25) is 0 Å². The lowest BCUT2D eigenvalue weighted by molar-refractivity contribution is 0.898. The van der Waals surface area contributed by atoms with Crippen LogP contribution in [0.15, 0.2) is 43.6 Å². The molecule has 0 saturated carbocycles. The van der Waals surface area contributed by atoms with Crippen LogP contribution in [0, 0.1) is 0 Å². The van der Waals surface area contributed by atoms with Crippen molar-refractivity contribution in [3.05, 3.63) is 28.7 Å². The molecule has 0 spiro atoms. The number of unbranched alkanes of at least 4 members (excludes halogenated alkanes) is 1. The molecule has 0 radical (unpaired) electrons. The van der Waals surface area contributed by atoms with Gasteiger partial charge in [-0.15, -0.1) is 0 Å². The summed E-state index contributed by atoms with van der Waals surface area (Å²) in [5.41, 5.74) is 1.73. The number of hydrogen-bond acceptors (Lipinski definition) is 5. The van der Waals surface area contributed by atoms with Crippen LogP contribution >= 0.6 is 51.7 Å². The molecule has 0 saturated heterocycles. The summed E-state index contributed by atoms with van der Waals surface area (Å²) in [7, 11) is 0. The quantitative estimate of drug-likeness (QED) is 0.310. The number of halogens is 1. The van der Waals surface area contributed by atoms with Gasteiger partial charge < -0.3 is 0 Å². The molecule has 0 amide bonds. The van der Waals surface area contributed by atoms with E-state index in [0.29, 0.717) is 0 Å². The van der Waals surface area contributed by atoms with Crippen molar-refractivity contribution in [1.82, 2.24) is 0 Å². The number of aliphatic imine (C=N–C) groups is 2. The van der Waals surface area contributed by atoms with Crippen molar-refractivity contribution in [3.8, 4) is 0 Å². The summed E-state index contributed by atoms with van der Waals surface area (Å²) in [5, 5.41) is 4.76. The number of rotatable bonds is 4. The molecule has 1 aliphatic heterocycles. The van der Waals surface area contributed by atoms with Gasteiger partial charge >= 0.3 is 0 Å². The molecule has 0 atom stereocenters. The summed E-state index contributed by atoms with van der Waals surface area (Å²) in [6, 6.07) is 8.34. The lowest BCUT2D eigenvalue weighted by atomic mass is 10.1. The minimum Gasteiger partial charge on any atom is -0.233 e. The summed E-state index contributed by atoms with van der Waals surface area (Å²) < 4.78 is 1.98. The van der Waals surface area contributed by atoms with Crippen LogP contribution in [-0.4, -0.2) is 15.3 Å². The zero-order chi connectivity index (χ0) is 15.5. The van der Waals surface area contributed by atoms with Gasteiger partial charge in [-0.1, -0.05) is 49.0 Å². The number of isothiocyanates is 1. The number of thiocarbonyl (C=S) groups is 1. The Morgan fingerprint density at radius 1 is 1.45 bits per heavy atom. The van der Waals surface area contributed by atoms with Crippen LogP contribution in [0.2, 0.25) is 0 Å². The van der Waals surface area contributed by atoms with Crippen molar-refractivity contribution in [2.24, 2.45) is 9.98 Å². The highest BCUT2D eigenvalue weighted by Crippen LogP contribution is 2.49. The average molecular weight is 409 g/mol. The van der Waals surface area contributed by atoms with Crippen molar-refractivity contribution in [1.29, 1.82) is 0 Å². The molecule has 22 heavy (non-hydrogen) atoms. The molecule has 6 heteroatoms. The SMILES string of the molecule is CCCCSC1=Nc2c(Br)c(N=C=S)cc3cccc(c23)S1. The lowest BCUT2D eigenvalue weighted by Crippen LogP contribution is -1.95. The molecule has 3 rings (SSSR count). The molecular weight excluding hydrogens is 396 g/mol. The van der Waals surface area contributed by atoms with Crippen molar-refractivity contribution < 1.29 is 0 Å². The third kappa shape index (κ3) is 3.17. The van der Waals surface area contributed by atoms with E-state index >= 15 is 0 Å². The van der Waals surface area contributed by atoms with Gasteiger partial charge in [0, 0.05) is 16.0 Å². The lowest BCUT2D eigenvalue weighted by Gasteiger charge is -2.18. The fraction of sp³-hybridized carbons (Fsp3) is 0.250. The molecule has 2 aromatic carbocycles. The predicted octanol–water partition coefficient (Wildman–Crippen LogP) is 6.96. The Hall–Kier alpha value is -0.650. The maximum absolute atomic E-state index is 4.85. The molecule has 0 unspecified atom stereocenters. The van der Waals surface area contributed by atoms with Gasteiger partial charge in [0.05, 0.1) is 21.0 Å². The summed E-state index contributed by atoms with van der Waals surface area (Å²) >= 11 is 12.0. The molecule has 0 N–H and O–H groups in total. The van der Waals surface area contributed by atoms with Crippen LogP contribution in [0.25, 0.3) is 10.8 Å². The first-order valence-corrected chi connectivity index (χ1v) is 9.97. The molecule has 1 aliphatic rings. The van der Waals surface area contributed by atoms with E-state index in [-0.39, 0.29) is 0 Å². The van der Waals surface area contributed by atoms with E-state index in [1.807, 2.05) is 17.8 Å². The van der Waals surface area contributed by atoms with Gasteiger partial charge in [-0.2, -0.15) is 4.99 Å². The summed E-state index contributed by atoms with van der Waals surface area (Å²) in [6.07, 6.45) is 2.41. The molecule has 0 aliphatic carbocycles. The minimum atomic E-state index is 0.781. The van der Waals surface area contributed by atoms with Crippen LogP contribution in [0.1, 0.15) is 19.8 Å².